The standard InChI is InChI=1S/C23H19F2NO2S/c1-29(27,28)26-16-6-2-5-15(13-16)14-21-17-7-3-9-22(24)19(17)11-12-20-18(21)8-4-10-23(20)25/h2-10,13-14,26H,11-12H2,1H3. The minimum atomic E-state index is -3.41. The SMILES string of the molecule is CS(=O)(=O)Nc1cccc(C=C2c3cccc(F)c3CCc3c(F)cccc32)c1. The van der Waals surface area contributed by atoms with Gasteiger partial charge in [0.05, 0.1) is 6.26 Å². The zero-order valence-corrected chi connectivity index (χ0v) is 16.6. The average Bonchev–Trinajstić information content (AvgIpc) is 2.80. The summed E-state index contributed by atoms with van der Waals surface area (Å²) in [6.07, 6.45) is 3.74. The van der Waals surface area contributed by atoms with Crippen LogP contribution in [0.3, 0.4) is 0 Å². The third-order valence-electron chi connectivity index (χ3n) is 4.94. The van der Waals surface area contributed by atoms with Crippen molar-refractivity contribution in [2.75, 3.05) is 11.0 Å². The Labute approximate surface area is 168 Å². The Hall–Kier alpha value is -2.99. The molecule has 0 saturated carbocycles. The summed E-state index contributed by atoms with van der Waals surface area (Å²) in [6.45, 7) is 0. The minimum absolute atomic E-state index is 0.311. The van der Waals surface area contributed by atoms with Crippen molar-refractivity contribution in [2.45, 2.75) is 12.8 Å². The first kappa shape index (κ1) is 19.3. The topological polar surface area (TPSA) is 46.2 Å². The van der Waals surface area contributed by atoms with Gasteiger partial charge in [-0.2, -0.15) is 0 Å². The zero-order valence-electron chi connectivity index (χ0n) is 15.7. The van der Waals surface area contributed by atoms with E-state index in [0.29, 0.717) is 35.2 Å². The predicted octanol–water partition coefficient (Wildman–Crippen LogP) is 5.02. The van der Waals surface area contributed by atoms with E-state index in [0.717, 1.165) is 22.9 Å². The van der Waals surface area contributed by atoms with Crippen LogP contribution < -0.4 is 4.72 Å². The normalized spacial score (nSPS) is 13.3. The molecule has 4 rings (SSSR count). The van der Waals surface area contributed by atoms with E-state index in [2.05, 4.69) is 4.72 Å². The van der Waals surface area contributed by atoms with Gasteiger partial charge in [-0.25, -0.2) is 17.2 Å². The number of nitrogens with one attached hydrogen (secondary N) is 1. The molecule has 6 heteroatoms. The van der Waals surface area contributed by atoms with Crippen molar-refractivity contribution in [1.82, 2.24) is 0 Å². The molecule has 0 spiro atoms. The number of fused-ring (bicyclic) bond motifs is 2. The molecule has 3 nitrogen and oxygen atoms in total. The molecule has 0 bridgehead atoms. The Morgan fingerprint density at radius 3 is 1.97 bits per heavy atom. The van der Waals surface area contributed by atoms with Crippen molar-refractivity contribution in [3.63, 3.8) is 0 Å². The average molecular weight is 411 g/mol. The Morgan fingerprint density at radius 2 is 1.41 bits per heavy atom. The Balaban J connectivity index is 1.92. The quantitative estimate of drug-likeness (QED) is 0.658. The summed E-state index contributed by atoms with van der Waals surface area (Å²) in [6, 6.07) is 16.7. The molecule has 0 aliphatic heterocycles. The van der Waals surface area contributed by atoms with Crippen LogP contribution in [0, 0.1) is 11.6 Å². The summed E-state index contributed by atoms with van der Waals surface area (Å²) in [5.41, 5.74) is 4.41. The number of rotatable bonds is 3. The Kier molecular flexibility index (Phi) is 4.96. The molecule has 3 aromatic carbocycles. The predicted molar refractivity (Wildman–Crippen MR) is 112 cm³/mol. The number of anilines is 1. The lowest BCUT2D eigenvalue weighted by Crippen LogP contribution is -2.09. The van der Waals surface area contributed by atoms with E-state index in [1.807, 2.05) is 24.3 Å². The molecule has 0 heterocycles. The maximum absolute atomic E-state index is 14.5. The molecule has 0 unspecified atom stereocenters. The van der Waals surface area contributed by atoms with Gasteiger partial charge in [-0.15, -0.1) is 0 Å². The van der Waals surface area contributed by atoms with E-state index in [9.17, 15) is 17.2 Å². The molecular formula is C23H19F2NO2S. The molecule has 1 aliphatic carbocycles. The Bertz CT molecular complexity index is 1180. The van der Waals surface area contributed by atoms with Crippen molar-refractivity contribution in [3.05, 3.63) is 100 Å². The highest BCUT2D eigenvalue weighted by Gasteiger charge is 2.22. The molecule has 0 saturated heterocycles. The van der Waals surface area contributed by atoms with Crippen molar-refractivity contribution in [2.24, 2.45) is 0 Å². The van der Waals surface area contributed by atoms with Gasteiger partial charge >= 0.3 is 0 Å². The molecule has 1 aliphatic rings. The third-order valence-corrected chi connectivity index (χ3v) is 5.55. The van der Waals surface area contributed by atoms with E-state index in [1.54, 1.807) is 30.3 Å². The van der Waals surface area contributed by atoms with Gasteiger partial charge < -0.3 is 0 Å². The number of sulfonamides is 1. The summed E-state index contributed by atoms with van der Waals surface area (Å²) in [5, 5.41) is 0. The summed E-state index contributed by atoms with van der Waals surface area (Å²) in [5.74, 6) is -0.622. The highest BCUT2D eigenvalue weighted by atomic mass is 32.2. The first-order valence-corrected chi connectivity index (χ1v) is 11.1. The fourth-order valence-corrected chi connectivity index (χ4v) is 4.31. The van der Waals surface area contributed by atoms with Gasteiger partial charge in [-0.1, -0.05) is 36.4 Å². The van der Waals surface area contributed by atoms with Crippen molar-refractivity contribution < 1.29 is 17.2 Å². The van der Waals surface area contributed by atoms with E-state index in [-0.39, 0.29) is 11.6 Å². The fourth-order valence-electron chi connectivity index (χ4n) is 3.75. The van der Waals surface area contributed by atoms with Crippen molar-refractivity contribution >= 4 is 27.4 Å². The summed E-state index contributed by atoms with van der Waals surface area (Å²) in [7, 11) is -3.41. The van der Waals surface area contributed by atoms with Crippen LogP contribution in [0.2, 0.25) is 0 Å². The second-order valence-electron chi connectivity index (χ2n) is 7.09. The van der Waals surface area contributed by atoms with E-state index < -0.39 is 10.0 Å². The highest BCUT2D eigenvalue weighted by molar-refractivity contribution is 7.92. The third kappa shape index (κ3) is 4.07. The maximum atomic E-state index is 14.5. The van der Waals surface area contributed by atoms with Crippen LogP contribution in [0.25, 0.3) is 11.6 Å². The van der Waals surface area contributed by atoms with Gasteiger partial charge in [-0.3, -0.25) is 4.72 Å². The molecule has 0 amide bonds. The second-order valence-corrected chi connectivity index (χ2v) is 8.84. The van der Waals surface area contributed by atoms with Crippen LogP contribution in [-0.4, -0.2) is 14.7 Å². The molecule has 0 aromatic heterocycles. The van der Waals surface area contributed by atoms with Gasteiger partial charge in [-0.05, 0) is 76.6 Å². The van der Waals surface area contributed by atoms with Crippen LogP contribution in [-0.2, 0) is 22.9 Å². The molecule has 1 N–H and O–H groups in total. The molecule has 0 fully saturated rings. The maximum Gasteiger partial charge on any atom is 0.229 e. The van der Waals surface area contributed by atoms with Crippen LogP contribution in [0.1, 0.15) is 27.8 Å². The highest BCUT2D eigenvalue weighted by Crippen LogP contribution is 2.37. The van der Waals surface area contributed by atoms with Gasteiger partial charge in [0.2, 0.25) is 10.0 Å². The van der Waals surface area contributed by atoms with E-state index in [4.69, 9.17) is 0 Å². The summed E-state index contributed by atoms with van der Waals surface area (Å²) >= 11 is 0. The molecule has 148 valence electrons. The molecule has 29 heavy (non-hydrogen) atoms. The van der Waals surface area contributed by atoms with Crippen molar-refractivity contribution in [1.29, 1.82) is 0 Å². The molecule has 0 radical (unpaired) electrons. The zero-order chi connectivity index (χ0) is 20.6. The molecule has 3 aromatic rings. The van der Waals surface area contributed by atoms with Crippen LogP contribution in [0.5, 0.6) is 0 Å². The van der Waals surface area contributed by atoms with Gasteiger partial charge in [0.1, 0.15) is 11.6 Å². The van der Waals surface area contributed by atoms with E-state index in [1.165, 1.54) is 12.1 Å². The van der Waals surface area contributed by atoms with Crippen LogP contribution in [0.15, 0.2) is 60.7 Å². The molecule has 0 atom stereocenters. The first-order valence-electron chi connectivity index (χ1n) is 9.17. The lowest BCUT2D eigenvalue weighted by Gasteiger charge is -2.13. The summed E-state index contributed by atoms with van der Waals surface area (Å²) in [4.78, 5) is 0. The van der Waals surface area contributed by atoms with Crippen LogP contribution in [0.4, 0.5) is 14.5 Å². The first-order chi connectivity index (χ1) is 13.8. The van der Waals surface area contributed by atoms with Gasteiger partial charge in [0.15, 0.2) is 0 Å². The van der Waals surface area contributed by atoms with Crippen LogP contribution >= 0.6 is 0 Å². The Morgan fingerprint density at radius 1 is 0.862 bits per heavy atom. The smallest absolute Gasteiger partial charge is 0.229 e. The summed E-state index contributed by atoms with van der Waals surface area (Å²) < 4.78 is 54.6. The number of hydrogen-bond acceptors (Lipinski definition) is 2. The largest absolute Gasteiger partial charge is 0.284 e. The monoisotopic (exact) mass is 411 g/mol. The molecular weight excluding hydrogens is 392 g/mol. The fraction of sp³-hybridized carbons (Fsp3) is 0.130. The number of benzene rings is 3. The van der Waals surface area contributed by atoms with Gasteiger partial charge in [0, 0.05) is 5.69 Å². The second kappa shape index (κ2) is 7.44. The van der Waals surface area contributed by atoms with E-state index >= 15 is 0 Å². The minimum Gasteiger partial charge on any atom is -0.284 e. The van der Waals surface area contributed by atoms with Crippen molar-refractivity contribution in [3.8, 4) is 0 Å². The number of hydrogen-bond donors (Lipinski definition) is 1. The van der Waals surface area contributed by atoms with Gasteiger partial charge in [0.25, 0.3) is 0 Å². The lowest BCUT2D eigenvalue weighted by atomic mass is 9.92. The lowest BCUT2D eigenvalue weighted by molar-refractivity contribution is 0.596. The number of halogens is 2.